The van der Waals surface area contributed by atoms with Crippen LogP contribution in [0.4, 0.5) is 0 Å². The van der Waals surface area contributed by atoms with Crippen molar-refractivity contribution in [2.75, 3.05) is 20.3 Å². The van der Waals surface area contributed by atoms with Gasteiger partial charge in [0.2, 0.25) is 5.91 Å². The molecule has 0 aromatic carbocycles. The van der Waals surface area contributed by atoms with Crippen molar-refractivity contribution in [3.63, 3.8) is 0 Å². The third kappa shape index (κ3) is 19.0. The summed E-state index contributed by atoms with van der Waals surface area (Å²) in [5.41, 5.74) is -0.860. The molecule has 0 bridgehead atoms. The van der Waals surface area contributed by atoms with Crippen LogP contribution < -0.4 is 5.32 Å². The molecule has 1 aliphatic heterocycles. The van der Waals surface area contributed by atoms with Crippen molar-refractivity contribution in [2.45, 2.75) is 180 Å². The van der Waals surface area contributed by atoms with Crippen LogP contribution in [0.15, 0.2) is 0 Å². The maximum Gasteiger partial charge on any atom is 0.473 e. The summed E-state index contributed by atoms with van der Waals surface area (Å²) in [6, 6.07) is 0. The lowest BCUT2D eigenvalue weighted by Crippen LogP contribution is -2.39. The van der Waals surface area contributed by atoms with Crippen LogP contribution in [0.2, 0.25) is 0 Å². The van der Waals surface area contributed by atoms with Crippen LogP contribution in [0.25, 0.3) is 0 Å². The molecule has 0 aliphatic carbocycles. The zero-order valence-corrected chi connectivity index (χ0v) is 28.8. The second kappa shape index (κ2) is 22.0. The Balaban J connectivity index is 2.30. The average Bonchev–Trinajstić information content (AvgIpc) is 3.21. The number of hydrogen-bond donors (Lipinski definition) is 2. The molecule has 2 N–H and O–H groups in total. The van der Waals surface area contributed by atoms with Crippen LogP contribution >= 0.6 is 7.82 Å². The zero-order chi connectivity index (χ0) is 31.4. The molecule has 2 unspecified atom stereocenters. The molecular formula is C32H64NO8P. The molecular weight excluding hydrogens is 557 g/mol. The summed E-state index contributed by atoms with van der Waals surface area (Å²) in [6.07, 6.45) is 16.2. The van der Waals surface area contributed by atoms with E-state index in [1.165, 1.54) is 77.7 Å². The van der Waals surface area contributed by atoms with Crippen molar-refractivity contribution in [3.05, 3.63) is 0 Å². The first kappa shape index (κ1) is 39.5. The number of hydrogen-bond acceptors (Lipinski definition) is 7. The lowest BCUT2D eigenvalue weighted by atomic mass is 10.0. The average molecular weight is 622 g/mol. The molecule has 1 aliphatic rings. The number of amides is 1. The number of nitrogens with one attached hydrogen (secondary N) is 1. The highest BCUT2D eigenvalue weighted by Crippen LogP contribution is 2.50. The molecule has 1 rings (SSSR count). The van der Waals surface area contributed by atoms with E-state index in [1.54, 1.807) is 20.8 Å². The Morgan fingerprint density at radius 2 is 1.43 bits per heavy atom. The second-order valence-corrected chi connectivity index (χ2v) is 14.4. The van der Waals surface area contributed by atoms with Gasteiger partial charge in [-0.25, -0.2) is 4.57 Å². The van der Waals surface area contributed by atoms with Crippen molar-refractivity contribution in [3.8, 4) is 0 Å². The number of carbonyl (C=O) groups is 1. The summed E-state index contributed by atoms with van der Waals surface area (Å²) in [6.45, 7) is 11.9. The van der Waals surface area contributed by atoms with E-state index in [4.69, 9.17) is 23.3 Å². The molecule has 1 heterocycles. The highest BCUT2D eigenvalue weighted by atomic mass is 31.2. The fourth-order valence-corrected chi connectivity index (χ4v) is 6.61. The summed E-state index contributed by atoms with van der Waals surface area (Å²) < 4.78 is 41.2. The Kier molecular flexibility index (Phi) is 20.7. The summed E-state index contributed by atoms with van der Waals surface area (Å²) >= 11 is 0. The topological polar surface area (TPSA) is 113 Å². The highest BCUT2D eigenvalue weighted by Gasteiger charge is 2.49. The van der Waals surface area contributed by atoms with E-state index in [-0.39, 0.29) is 24.7 Å². The molecule has 0 saturated carbocycles. The summed E-state index contributed by atoms with van der Waals surface area (Å²) in [7, 11) is -2.84. The van der Waals surface area contributed by atoms with Gasteiger partial charge in [-0.3, -0.25) is 13.8 Å². The van der Waals surface area contributed by atoms with E-state index in [0.717, 1.165) is 12.8 Å². The SMILES string of the molecule is CCCCCCCCCCCCCCCC(=O)NCCC[C@@H]1O[C@H](COC(C)C)C(OP(=O)(O)OC(C)(C)C)[C@@H]1OC. The minimum absolute atomic E-state index is 0.0360. The fraction of sp³-hybridized carbons (Fsp3) is 0.969. The molecule has 1 amide bonds. The van der Waals surface area contributed by atoms with Gasteiger partial charge in [0, 0.05) is 20.1 Å². The van der Waals surface area contributed by atoms with Crippen LogP contribution in [0, 0.1) is 0 Å². The zero-order valence-electron chi connectivity index (χ0n) is 27.9. The van der Waals surface area contributed by atoms with E-state index in [9.17, 15) is 14.3 Å². The molecule has 0 spiro atoms. The molecule has 0 radical (unpaired) electrons. The van der Waals surface area contributed by atoms with E-state index in [1.807, 2.05) is 13.8 Å². The predicted octanol–water partition coefficient (Wildman–Crippen LogP) is 7.87. The van der Waals surface area contributed by atoms with Crippen LogP contribution in [0.1, 0.15) is 144 Å². The second-order valence-electron chi connectivity index (χ2n) is 13.0. The lowest BCUT2D eigenvalue weighted by molar-refractivity contribution is -0.121. The molecule has 250 valence electrons. The van der Waals surface area contributed by atoms with Crippen molar-refractivity contribution >= 4 is 13.7 Å². The Morgan fingerprint density at radius 1 is 0.881 bits per heavy atom. The third-order valence-corrected chi connectivity index (χ3v) is 8.70. The van der Waals surface area contributed by atoms with Gasteiger partial charge in [0.25, 0.3) is 0 Å². The van der Waals surface area contributed by atoms with Gasteiger partial charge in [0.1, 0.15) is 18.3 Å². The molecule has 5 atom stereocenters. The van der Waals surface area contributed by atoms with Gasteiger partial charge in [0.05, 0.1) is 24.4 Å². The van der Waals surface area contributed by atoms with Gasteiger partial charge in [-0.15, -0.1) is 0 Å². The molecule has 10 heteroatoms. The summed E-state index contributed by atoms with van der Waals surface area (Å²) in [4.78, 5) is 22.7. The minimum atomic E-state index is -4.37. The summed E-state index contributed by atoms with van der Waals surface area (Å²) in [5, 5.41) is 3.01. The van der Waals surface area contributed by atoms with Gasteiger partial charge in [-0.2, -0.15) is 0 Å². The minimum Gasteiger partial charge on any atom is -0.376 e. The maximum absolute atomic E-state index is 12.7. The van der Waals surface area contributed by atoms with E-state index in [0.29, 0.717) is 25.8 Å². The molecule has 0 aromatic rings. The first-order valence-electron chi connectivity index (χ1n) is 16.7. The van der Waals surface area contributed by atoms with Gasteiger partial charge < -0.3 is 24.4 Å². The Labute approximate surface area is 257 Å². The van der Waals surface area contributed by atoms with Crippen LogP contribution in [0.3, 0.4) is 0 Å². The maximum atomic E-state index is 12.7. The molecule has 1 saturated heterocycles. The van der Waals surface area contributed by atoms with Crippen LogP contribution in [-0.2, 0) is 32.6 Å². The molecule has 0 aromatic heterocycles. The largest absolute Gasteiger partial charge is 0.473 e. The number of carbonyl (C=O) groups excluding carboxylic acids is 1. The van der Waals surface area contributed by atoms with Crippen molar-refractivity contribution in [1.29, 1.82) is 0 Å². The van der Waals surface area contributed by atoms with E-state index < -0.39 is 31.7 Å². The van der Waals surface area contributed by atoms with Gasteiger partial charge in [0.15, 0.2) is 0 Å². The highest BCUT2D eigenvalue weighted by molar-refractivity contribution is 7.47. The lowest BCUT2D eigenvalue weighted by Gasteiger charge is -2.28. The number of phosphoric ester groups is 1. The van der Waals surface area contributed by atoms with Gasteiger partial charge in [-0.05, 0) is 53.9 Å². The quantitative estimate of drug-likeness (QED) is 0.0782. The number of methoxy groups -OCH3 is 1. The van der Waals surface area contributed by atoms with Gasteiger partial charge >= 0.3 is 7.82 Å². The first-order chi connectivity index (χ1) is 19.9. The normalized spacial score (nSPS) is 22.5. The van der Waals surface area contributed by atoms with E-state index >= 15 is 0 Å². The first-order valence-corrected chi connectivity index (χ1v) is 18.2. The number of ether oxygens (including phenoxy) is 3. The Morgan fingerprint density at radius 3 is 1.93 bits per heavy atom. The standard InChI is InChI=1S/C32H64NO8P/c1-8-9-10-11-12-13-14-15-16-17-18-19-20-23-29(34)33-24-21-22-27-30(37-7)31(28(39-27)25-38-26(2)3)40-42(35,36)41-32(4,5)6/h26-28,30-31H,8-25H2,1-7H3,(H,33,34)(H,35,36)/t27-,28+,30+,31?/m0/s1. The Hall–Kier alpha value is -0.540. The summed E-state index contributed by atoms with van der Waals surface area (Å²) in [5.74, 6) is 0.0821. The smallest absolute Gasteiger partial charge is 0.376 e. The van der Waals surface area contributed by atoms with E-state index in [2.05, 4.69) is 12.2 Å². The van der Waals surface area contributed by atoms with Crippen LogP contribution in [-0.4, -0.2) is 67.2 Å². The van der Waals surface area contributed by atoms with Crippen molar-refractivity contribution in [2.24, 2.45) is 0 Å². The van der Waals surface area contributed by atoms with Crippen molar-refractivity contribution in [1.82, 2.24) is 5.32 Å². The third-order valence-electron chi connectivity index (χ3n) is 7.41. The number of rotatable bonds is 25. The monoisotopic (exact) mass is 621 g/mol. The predicted molar refractivity (Wildman–Crippen MR) is 169 cm³/mol. The molecule has 9 nitrogen and oxygen atoms in total. The fourth-order valence-electron chi connectivity index (χ4n) is 5.31. The number of phosphoric acid groups is 1. The van der Waals surface area contributed by atoms with Crippen molar-refractivity contribution < 1.29 is 37.5 Å². The van der Waals surface area contributed by atoms with Gasteiger partial charge in [-0.1, -0.05) is 84.0 Å². The Bertz CT molecular complexity index is 745. The van der Waals surface area contributed by atoms with Crippen LogP contribution in [0.5, 0.6) is 0 Å². The molecule has 1 fully saturated rings. The molecule has 42 heavy (non-hydrogen) atoms. The number of unbranched alkanes of at least 4 members (excludes halogenated alkanes) is 12.